The fourth-order valence-electron chi connectivity index (χ4n) is 5.84. The first-order valence-electron chi connectivity index (χ1n) is 14.9. The van der Waals surface area contributed by atoms with Crippen LogP contribution in [0, 0.1) is 18.6 Å². The molecule has 5 rings (SSSR count). The average molecular weight is 610 g/mol. The number of aliphatic hydroxyl groups is 1. The zero-order valence-corrected chi connectivity index (χ0v) is 26.0. The van der Waals surface area contributed by atoms with Gasteiger partial charge in [-0.2, -0.15) is 10.2 Å². The average Bonchev–Trinajstić information content (AvgIpc) is 3.47. The first-order chi connectivity index (χ1) is 20.8. The molecule has 44 heavy (non-hydrogen) atoms. The number of nitrogens with zero attached hydrogens (tertiary/aromatic N) is 5. The number of aliphatic hydroxyl groups excluding tert-OH is 1. The van der Waals surface area contributed by atoms with Crippen LogP contribution >= 0.6 is 0 Å². The van der Waals surface area contributed by atoms with E-state index in [1.807, 2.05) is 76.3 Å². The summed E-state index contributed by atoms with van der Waals surface area (Å²) in [6.07, 6.45) is 1.14. The third-order valence-corrected chi connectivity index (χ3v) is 8.33. The fraction of sp³-hybridized carbons (Fsp3) is 0.469. The first-order valence-corrected chi connectivity index (χ1v) is 14.9. The number of para-hydroxylation sites is 1. The number of carbonyl (C=O) groups is 1. The molecule has 0 aliphatic carbocycles. The maximum Gasteiger partial charge on any atom is 0.320 e. The molecule has 10 nitrogen and oxygen atoms in total. The van der Waals surface area contributed by atoms with E-state index in [-0.39, 0.29) is 24.4 Å². The molecule has 2 aliphatic rings. The number of rotatable bonds is 7. The number of carbonyl (C=O) groups excluding carboxylic acids is 1. The molecule has 0 bridgehead atoms. The number of hydrazone groups is 1. The molecule has 0 radical (unpaired) electrons. The van der Waals surface area contributed by atoms with Crippen molar-refractivity contribution in [3.05, 3.63) is 77.0 Å². The summed E-state index contributed by atoms with van der Waals surface area (Å²) < 4.78 is 35.5. The number of benzene rings is 2. The standard InChI is InChI=1S/C32H41F2N7O3/c1-19-28(24-17-35-39(6)20(24)2)38-41(22-10-8-7-9-11-22)29(19)37-30(42)36-27-18-40(31(43)44-32(3,4)5)15-14-23(27)21-12-13-25(33)26(34)16-21/h7-13,16-17,20,23-24,27,31,43H,14-15,18H2,1-6H3,(H2,36,37,42). The number of likely N-dealkylation sites (tertiary alicyclic amines) is 1. The molecule has 3 aromatic rings. The van der Waals surface area contributed by atoms with Crippen molar-refractivity contribution in [1.29, 1.82) is 0 Å². The molecular weight excluding hydrogens is 568 g/mol. The lowest BCUT2D eigenvalue weighted by Crippen LogP contribution is -2.56. The number of halogens is 2. The van der Waals surface area contributed by atoms with Crippen LogP contribution in [0.5, 0.6) is 0 Å². The summed E-state index contributed by atoms with van der Waals surface area (Å²) in [6.45, 7) is 10.2. The van der Waals surface area contributed by atoms with Gasteiger partial charge in [-0.15, -0.1) is 0 Å². The maximum absolute atomic E-state index is 14.3. The maximum atomic E-state index is 14.3. The number of nitrogens with one attached hydrogen (secondary N) is 2. The Bertz CT molecular complexity index is 1510. The van der Waals surface area contributed by atoms with E-state index in [0.717, 1.165) is 23.0 Å². The Balaban J connectivity index is 1.43. The molecule has 5 unspecified atom stereocenters. The van der Waals surface area contributed by atoms with Gasteiger partial charge in [-0.3, -0.25) is 15.2 Å². The van der Waals surface area contributed by atoms with Crippen LogP contribution in [0.2, 0.25) is 0 Å². The summed E-state index contributed by atoms with van der Waals surface area (Å²) >= 11 is 0. The SMILES string of the molecule is Cc1c(C2C=NN(C)C2C)nn(-c2ccccc2)c1NC(=O)NC1CN(C(O)OC(C)(C)C)CCC1c1ccc(F)c(F)c1. The lowest BCUT2D eigenvalue weighted by molar-refractivity contribution is -0.243. The van der Waals surface area contributed by atoms with Gasteiger partial charge in [0, 0.05) is 37.8 Å². The predicted octanol–water partition coefficient (Wildman–Crippen LogP) is 4.93. The second kappa shape index (κ2) is 12.6. The quantitative estimate of drug-likeness (QED) is 0.328. The Labute approximate surface area is 256 Å². The van der Waals surface area contributed by atoms with Gasteiger partial charge in [0.15, 0.2) is 11.6 Å². The lowest BCUT2D eigenvalue weighted by Gasteiger charge is -2.42. The molecule has 236 valence electrons. The molecular formula is C32H41F2N7O3. The Kier molecular flexibility index (Phi) is 9.05. The molecule has 3 N–H and O–H groups in total. The summed E-state index contributed by atoms with van der Waals surface area (Å²) in [5.74, 6) is -1.78. The molecule has 0 spiro atoms. The van der Waals surface area contributed by atoms with E-state index in [0.29, 0.717) is 24.3 Å². The lowest BCUT2D eigenvalue weighted by atomic mass is 9.85. The van der Waals surface area contributed by atoms with E-state index in [1.165, 1.54) is 12.1 Å². The highest BCUT2D eigenvalue weighted by molar-refractivity contribution is 5.90. The van der Waals surface area contributed by atoms with Crippen molar-refractivity contribution < 1.29 is 23.4 Å². The van der Waals surface area contributed by atoms with Gasteiger partial charge in [-0.05, 0) is 70.9 Å². The second-order valence-corrected chi connectivity index (χ2v) is 12.5. The van der Waals surface area contributed by atoms with E-state index in [1.54, 1.807) is 9.58 Å². The van der Waals surface area contributed by atoms with Crippen LogP contribution < -0.4 is 10.6 Å². The molecule has 0 saturated carbocycles. The predicted molar refractivity (Wildman–Crippen MR) is 165 cm³/mol. The van der Waals surface area contributed by atoms with Crippen LogP contribution in [-0.4, -0.2) is 81.3 Å². The van der Waals surface area contributed by atoms with Gasteiger partial charge in [0.05, 0.1) is 35.0 Å². The number of amides is 2. The molecule has 3 heterocycles. The van der Waals surface area contributed by atoms with Crippen molar-refractivity contribution in [3.8, 4) is 5.69 Å². The largest absolute Gasteiger partial charge is 0.356 e. The minimum absolute atomic E-state index is 0.0671. The molecule has 2 amide bonds. The summed E-state index contributed by atoms with van der Waals surface area (Å²) in [4.78, 5) is 15.4. The zero-order chi connectivity index (χ0) is 31.8. The van der Waals surface area contributed by atoms with Gasteiger partial charge in [-0.1, -0.05) is 24.3 Å². The van der Waals surface area contributed by atoms with Crippen molar-refractivity contribution in [1.82, 2.24) is 25.0 Å². The van der Waals surface area contributed by atoms with Crippen LogP contribution in [0.4, 0.5) is 19.4 Å². The fourth-order valence-corrected chi connectivity index (χ4v) is 5.84. The number of anilines is 1. The summed E-state index contributed by atoms with van der Waals surface area (Å²) in [5, 5.41) is 28.1. The van der Waals surface area contributed by atoms with Crippen LogP contribution in [0.25, 0.3) is 5.69 Å². The van der Waals surface area contributed by atoms with Crippen molar-refractivity contribution in [2.45, 2.75) is 77.0 Å². The molecule has 12 heteroatoms. The highest BCUT2D eigenvalue weighted by Gasteiger charge is 2.37. The second-order valence-electron chi connectivity index (χ2n) is 12.5. The van der Waals surface area contributed by atoms with Gasteiger partial charge in [0.2, 0.25) is 6.41 Å². The van der Waals surface area contributed by atoms with Crippen LogP contribution in [-0.2, 0) is 4.74 Å². The van der Waals surface area contributed by atoms with E-state index < -0.39 is 35.7 Å². The monoisotopic (exact) mass is 609 g/mol. The number of hydrogen-bond donors (Lipinski definition) is 3. The Morgan fingerprint density at radius 3 is 2.50 bits per heavy atom. The van der Waals surface area contributed by atoms with Crippen molar-refractivity contribution >= 4 is 18.1 Å². The normalized spacial score (nSPS) is 23.2. The Morgan fingerprint density at radius 1 is 1.14 bits per heavy atom. The number of ether oxygens (including phenoxy) is 1. The zero-order valence-electron chi connectivity index (χ0n) is 26.0. The van der Waals surface area contributed by atoms with Gasteiger partial charge < -0.3 is 15.2 Å². The summed E-state index contributed by atoms with van der Waals surface area (Å²) in [6, 6.07) is 12.4. The van der Waals surface area contributed by atoms with Crippen molar-refractivity contribution in [2.24, 2.45) is 5.10 Å². The van der Waals surface area contributed by atoms with Gasteiger partial charge in [-0.25, -0.2) is 18.3 Å². The van der Waals surface area contributed by atoms with E-state index in [4.69, 9.17) is 9.84 Å². The number of urea groups is 1. The van der Waals surface area contributed by atoms with Crippen LogP contribution in [0.1, 0.15) is 62.8 Å². The molecule has 1 fully saturated rings. The van der Waals surface area contributed by atoms with Crippen LogP contribution in [0.15, 0.2) is 53.6 Å². The van der Waals surface area contributed by atoms with Crippen molar-refractivity contribution in [3.63, 3.8) is 0 Å². The van der Waals surface area contributed by atoms with Crippen molar-refractivity contribution in [2.75, 3.05) is 25.5 Å². The Hall–Kier alpha value is -3.87. The third kappa shape index (κ3) is 6.77. The number of hydrogen-bond acceptors (Lipinski definition) is 7. The molecule has 1 saturated heterocycles. The highest BCUT2D eigenvalue weighted by atomic mass is 19.2. The smallest absolute Gasteiger partial charge is 0.320 e. The first kappa shape index (κ1) is 31.6. The Morgan fingerprint density at radius 2 is 1.86 bits per heavy atom. The molecule has 5 atom stereocenters. The summed E-state index contributed by atoms with van der Waals surface area (Å²) in [5.41, 5.74) is 2.35. The van der Waals surface area contributed by atoms with Crippen LogP contribution in [0.3, 0.4) is 0 Å². The number of likely N-dealkylation sites (N-methyl/N-ethyl adjacent to an activating group) is 1. The van der Waals surface area contributed by atoms with E-state index in [2.05, 4.69) is 22.7 Å². The van der Waals surface area contributed by atoms with E-state index >= 15 is 0 Å². The topological polar surface area (TPSA) is 107 Å². The molecule has 2 aromatic carbocycles. The van der Waals surface area contributed by atoms with Gasteiger partial charge in [0.1, 0.15) is 5.82 Å². The summed E-state index contributed by atoms with van der Waals surface area (Å²) in [7, 11) is 1.91. The third-order valence-electron chi connectivity index (χ3n) is 8.33. The number of piperidine rings is 1. The highest BCUT2D eigenvalue weighted by Crippen LogP contribution is 2.34. The van der Waals surface area contributed by atoms with E-state index in [9.17, 15) is 18.7 Å². The number of aromatic nitrogens is 2. The molecule has 1 aromatic heterocycles. The van der Waals surface area contributed by atoms with Gasteiger partial charge in [0.25, 0.3) is 0 Å². The minimum Gasteiger partial charge on any atom is -0.356 e. The minimum atomic E-state index is -1.20. The molecule has 2 aliphatic heterocycles. The van der Waals surface area contributed by atoms with Gasteiger partial charge >= 0.3 is 6.03 Å².